The van der Waals surface area contributed by atoms with Gasteiger partial charge < -0.3 is 15.4 Å². The van der Waals surface area contributed by atoms with E-state index in [1.807, 2.05) is 0 Å². The lowest BCUT2D eigenvalue weighted by molar-refractivity contribution is 0.387. The van der Waals surface area contributed by atoms with Crippen molar-refractivity contribution in [2.45, 2.75) is 32.1 Å². The van der Waals surface area contributed by atoms with Crippen LogP contribution in [0, 0.1) is 5.82 Å². The van der Waals surface area contributed by atoms with E-state index in [4.69, 9.17) is 16.3 Å². The van der Waals surface area contributed by atoms with Crippen molar-refractivity contribution in [1.29, 1.82) is 0 Å². The molecule has 1 aromatic heterocycles. The summed E-state index contributed by atoms with van der Waals surface area (Å²) in [6.45, 7) is 4.13. The lowest BCUT2D eigenvalue weighted by Gasteiger charge is -2.17. The van der Waals surface area contributed by atoms with Crippen LogP contribution in [-0.4, -0.2) is 30.4 Å². The number of halogens is 2. The molecule has 0 unspecified atom stereocenters. The van der Waals surface area contributed by atoms with Crippen LogP contribution in [-0.2, 0) is 12.8 Å². The largest absolute Gasteiger partial charge is 0.494 e. The molecule has 5 nitrogen and oxygen atoms in total. The zero-order valence-corrected chi connectivity index (χ0v) is 20.2. The highest BCUT2D eigenvalue weighted by atomic mass is 35.5. The van der Waals surface area contributed by atoms with Gasteiger partial charge in [0.2, 0.25) is 5.95 Å². The van der Waals surface area contributed by atoms with Gasteiger partial charge >= 0.3 is 0 Å². The summed E-state index contributed by atoms with van der Waals surface area (Å²) in [6.07, 6.45) is 7.56. The highest BCUT2D eigenvalue weighted by Gasteiger charge is 2.16. The van der Waals surface area contributed by atoms with Crippen molar-refractivity contribution in [3.8, 4) is 5.75 Å². The third kappa shape index (κ3) is 5.13. The third-order valence-corrected chi connectivity index (χ3v) is 7.21. The van der Waals surface area contributed by atoms with E-state index in [0.29, 0.717) is 16.8 Å². The fourth-order valence-electron chi connectivity index (χ4n) is 3.93. The Hall–Kier alpha value is -2.43. The van der Waals surface area contributed by atoms with Gasteiger partial charge in [0.1, 0.15) is 5.02 Å². The van der Waals surface area contributed by atoms with Gasteiger partial charge in [0, 0.05) is 17.1 Å². The van der Waals surface area contributed by atoms with Crippen molar-refractivity contribution in [3.63, 3.8) is 0 Å². The van der Waals surface area contributed by atoms with Gasteiger partial charge in [-0.25, -0.2) is 9.37 Å². The molecule has 0 radical (unpaired) electrons. The molecule has 0 bridgehead atoms. The van der Waals surface area contributed by atoms with Crippen molar-refractivity contribution < 1.29 is 9.13 Å². The molecular formula is C24H27ClFN4OP. The van der Waals surface area contributed by atoms with Crippen LogP contribution in [0.2, 0.25) is 5.02 Å². The quantitative estimate of drug-likeness (QED) is 0.321. The first-order valence-electron chi connectivity index (χ1n) is 10.7. The molecule has 0 amide bonds. The standard InChI is InChI=1S/C24H27ClFN4OP/c1-31-21-13-20(22(32(2)3)12-19(21)26)29-23-18(25)14-27-24(30-23)28-17-10-9-15-7-5-4-6-8-16(15)11-17/h9-14H,4-8H2,1-3H3,(H2,27,28,29,30). The number of benzene rings is 2. The molecule has 1 heterocycles. The number of aryl methyl sites for hydroxylation is 2. The molecule has 0 saturated carbocycles. The first kappa shape index (κ1) is 22.8. The van der Waals surface area contributed by atoms with Crippen LogP contribution < -0.4 is 20.7 Å². The Kier molecular flexibility index (Phi) is 7.12. The van der Waals surface area contributed by atoms with Gasteiger partial charge in [-0.05, 0) is 68.3 Å². The van der Waals surface area contributed by atoms with E-state index in [0.717, 1.165) is 29.5 Å². The van der Waals surface area contributed by atoms with E-state index in [-0.39, 0.29) is 11.6 Å². The summed E-state index contributed by atoms with van der Waals surface area (Å²) < 4.78 is 19.4. The van der Waals surface area contributed by atoms with Crippen molar-refractivity contribution in [2.24, 2.45) is 0 Å². The van der Waals surface area contributed by atoms with Crippen molar-refractivity contribution in [3.05, 3.63) is 58.5 Å². The smallest absolute Gasteiger partial charge is 0.229 e. The van der Waals surface area contributed by atoms with Gasteiger partial charge in [-0.15, -0.1) is 0 Å². The van der Waals surface area contributed by atoms with Crippen LogP contribution in [0.5, 0.6) is 5.75 Å². The summed E-state index contributed by atoms with van der Waals surface area (Å²) in [5.41, 5.74) is 4.49. The molecule has 2 N–H and O–H groups in total. The second kappa shape index (κ2) is 10.0. The molecule has 1 aliphatic rings. The number of hydrogen-bond acceptors (Lipinski definition) is 5. The van der Waals surface area contributed by atoms with Gasteiger partial charge in [0.25, 0.3) is 0 Å². The maximum Gasteiger partial charge on any atom is 0.229 e. The fraction of sp³-hybridized carbons (Fsp3) is 0.333. The summed E-state index contributed by atoms with van der Waals surface area (Å²) in [6, 6.07) is 9.61. The van der Waals surface area contributed by atoms with Gasteiger partial charge in [-0.2, -0.15) is 4.98 Å². The van der Waals surface area contributed by atoms with Crippen LogP contribution in [0.4, 0.5) is 27.5 Å². The number of methoxy groups -OCH3 is 1. The molecule has 0 fully saturated rings. The maximum absolute atomic E-state index is 14.3. The molecular weight excluding hydrogens is 446 g/mol. The maximum atomic E-state index is 14.3. The van der Waals surface area contributed by atoms with Crippen LogP contribution in [0.1, 0.15) is 30.4 Å². The van der Waals surface area contributed by atoms with E-state index in [2.05, 4.69) is 52.1 Å². The van der Waals surface area contributed by atoms with Gasteiger partial charge in [-0.3, -0.25) is 0 Å². The minimum absolute atomic E-state index is 0.168. The molecule has 0 atom stereocenters. The van der Waals surface area contributed by atoms with E-state index < -0.39 is 7.92 Å². The third-order valence-electron chi connectivity index (χ3n) is 5.60. The van der Waals surface area contributed by atoms with E-state index >= 15 is 0 Å². The summed E-state index contributed by atoms with van der Waals surface area (Å²) in [5, 5.41) is 7.80. The number of ether oxygens (including phenoxy) is 1. The SMILES string of the molecule is COc1cc(Nc2nc(Nc3ccc4c(c3)CCCCC4)ncc2Cl)c(P(C)C)cc1F. The van der Waals surface area contributed by atoms with Crippen LogP contribution in [0.3, 0.4) is 0 Å². The highest BCUT2D eigenvalue weighted by Crippen LogP contribution is 2.35. The van der Waals surface area contributed by atoms with E-state index in [1.54, 1.807) is 12.3 Å². The molecule has 0 aliphatic heterocycles. The average molecular weight is 473 g/mol. The molecule has 1 aliphatic carbocycles. The lowest BCUT2D eigenvalue weighted by Crippen LogP contribution is -2.11. The predicted molar refractivity (Wildman–Crippen MR) is 133 cm³/mol. The number of anilines is 4. The fourth-order valence-corrected chi connectivity index (χ4v) is 5.04. The Morgan fingerprint density at radius 2 is 1.81 bits per heavy atom. The Bertz CT molecular complexity index is 1130. The van der Waals surface area contributed by atoms with Gasteiger partial charge in [0.05, 0.1) is 19.0 Å². The molecule has 3 aromatic rings. The minimum atomic E-state index is -0.571. The Labute approximate surface area is 194 Å². The molecule has 8 heteroatoms. The van der Waals surface area contributed by atoms with E-state index in [9.17, 15) is 4.39 Å². The van der Waals surface area contributed by atoms with Gasteiger partial charge in [0.15, 0.2) is 17.4 Å². The molecule has 0 saturated heterocycles. The molecule has 4 rings (SSSR count). The minimum Gasteiger partial charge on any atom is -0.494 e. The van der Waals surface area contributed by atoms with Gasteiger partial charge in [-0.1, -0.05) is 32.0 Å². The molecule has 0 spiro atoms. The zero-order valence-electron chi connectivity index (χ0n) is 18.5. The van der Waals surface area contributed by atoms with Crippen molar-refractivity contribution in [2.75, 3.05) is 31.1 Å². The lowest BCUT2D eigenvalue weighted by atomic mass is 10.0. The number of nitrogens with zero attached hydrogens (tertiary/aromatic N) is 2. The highest BCUT2D eigenvalue weighted by molar-refractivity contribution is 7.64. The summed E-state index contributed by atoms with van der Waals surface area (Å²) in [5.74, 6) is 0.673. The Morgan fingerprint density at radius 1 is 1.03 bits per heavy atom. The second-order valence-electron chi connectivity index (χ2n) is 8.08. The van der Waals surface area contributed by atoms with Crippen molar-refractivity contribution in [1.82, 2.24) is 9.97 Å². The molecule has 168 valence electrons. The average Bonchev–Trinajstić information content (AvgIpc) is 3.02. The summed E-state index contributed by atoms with van der Waals surface area (Å²) in [7, 11) is 0.877. The number of nitrogens with one attached hydrogen (secondary N) is 2. The first-order valence-corrected chi connectivity index (χ1v) is 13.3. The van der Waals surface area contributed by atoms with Crippen LogP contribution >= 0.6 is 19.5 Å². The van der Waals surface area contributed by atoms with Crippen molar-refractivity contribution >= 4 is 48.0 Å². The topological polar surface area (TPSA) is 59.1 Å². The normalized spacial score (nSPS) is 13.4. The summed E-state index contributed by atoms with van der Waals surface area (Å²) >= 11 is 6.38. The Balaban J connectivity index is 1.61. The predicted octanol–water partition coefficient (Wildman–Crippen LogP) is 6.40. The molecule has 2 aromatic carbocycles. The second-order valence-corrected chi connectivity index (χ2v) is 10.8. The van der Waals surface area contributed by atoms with Crippen LogP contribution in [0.25, 0.3) is 0 Å². The number of fused-ring (bicyclic) bond motifs is 1. The zero-order chi connectivity index (χ0) is 22.7. The monoisotopic (exact) mass is 472 g/mol. The first-order chi connectivity index (χ1) is 15.4. The Morgan fingerprint density at radius 3 is 2.56 bits per heavy atom. The summed E-state index contributed by atoms with van der Waals surface area (Å²) in [4.78, 5) is 8.92. The van der Waals surface area contributed by atoms with Crippen LogP contribution in [0.15, 0.2) is 36.5 Å². The number of aromatic nitrogens is 2. The van der Waals surface area contributed by atoms with E-state index in [1.165, 1.54) is 43.6 Å². The molecule has 32 heavy (non-hydrogen) atoms. The number of hydrogen-bond donors (Lipinski definition) is 2. The number of rotatable bonds is 6.